The molecule has 0 bridgehead atoms. The lowest BCUT2D eigenvalue weighted by atomic mass is 9.92. The van der Waals surface area contributed by atoms with Gasteiger partial charge in [0.2, 0.25) is 5.91 Å². The van der Waals surface area contributed by atoms with E-state index in [4.69, 9.17) is 4.74 Å². The Kier molecular flexibility index (Phi) is 5.29. The standard InChI is InChI=1S/C22H19FN4O2/c1-2-21(28)27-13-16(14-27)6-15-7-17(10-24-9-15)18-11-25-22(26-12-18)29-20-5-3-4-19(23)8-20/h2-5,7-12,16H,1,6,13-14H2. The highest BCUT2D eigenvalue weighted by Gasteiger charge is 2.29. The Morgan fingerprint density at radius 2 is 1.97 bits per heavy atom. The first-order valence-electron chi connectivity index (χ1n) is 9.22. The number of likely N-dealkylation sites (tertiary alicyclic amines) is 1. The van der Waals surface area contributed by atoms with Crippen molar-refractivity contribution in [2.24, 2.45) is 5.92 Å². The molecule has 6 nitrogen and oxygen atoms in total. The molecule has 2 aromatic heterocycles. The summed E-state index contributed by atoms with van der Waals surface area (Å²) in [4.78, 5) is 26.0. The molecule has 0 spiro atoms. The number of benzene rings is 1. The number of halogens is 1. The first-order chi connectivity index (χ1) is 14.1. The molecule has 1 saturated heterocycles. The second-order valence-corrected chi connectivity index (χ2v) is 6.91. The molecule has 1 aliphatic heterocycles. The summed E-state index contributed by atoms with van der Waals surface area (Å²) in [5.74, 6) is 0.358. The molecule has 7 heteroatoms. The third-order valence-corrected chi connectivity index (χ3v) is 4.73. The Bertz CT molecular complexity index is 1030. The molecule has 1 aliphatic rings. The van der Waals surface area contributed by atoms with Crippen LogP contribution in [-0.2, 0) is 11.2 Å². The van der Waals surface area contributed by atoms with E-state index in [0.717, 1.165) is 36.2 Å². The Morgan fingerprint density at radius 3 is 2.69 bits per heavy atom. The van der Waals surface area contributed by atoms with Gasteiger partial charge in [0.15, 0.2) is 0 Å². The van der Waals surface area contributed by atoms with Crippen LogP contribution in [0.1, 0.15) is 5.56 Å². The van der Waals surface area contributed by atoms with Crippen LogP contribution < -0.4 is 4.74 Å². The second kappa shape index (κ2) is 8.18. The van der Waals surface area contributed by atoms with E-state index >= 15 is 0 Å². The fraction of sp³-hybridized carbons (Fsp3) is 0.182. The molecular formula is C22H19FN4O2. The summed E-state index contributed by atoms with van der Waals surface area (Å²) in [5.41, 5.74) is 2.81. The van der Waals surface area contributed by atoms with E-state index in [-0.39, 0.29) is 17.7 Å². The van der Waals surface area contributed by atoms with Crippen molar-refractivity contribution in [1.82, 2.24) is 19.9 Å². The lowest BCUT2D eigenvalue weighted by molar-refractivity contribution is -0.132. The SMILES string of the molecule is C=CC(=O)N1CC(Cc2cncc(-c3cnc(Oc4cccc(F)c4)nc3)c2)C1. The molecule has 29 heavy (non-hydrogen) atoms. The summed E-state index contributed by atoms with van der Waals surface area (Å²) in [6.07, 6.45) is 9.09. The van der Waals surface area contributed by atoms with Gasteiger partial charge in [-0.1, -0.05) is 12.6 Å². The Hall–Kier alpha value is -3.61. The topological polar surface area (TPSA) is 68.2 Å². The minimum absolute atomic E-state index is 0.0224. The summed E-state index contributed by atoms with van der Waals surface area (Å²) >= 11 is 0. The molecule has 0 unspecified atom stereocenters. The van der Waals surface area contributed by atoms with Crippen molar-refractivity contribution in [1.29, 1.82) is 0 Å². The van der Waals surface area contributed by atoms with Gasteiger partial charge in [0.25, 0.3) is 0 Å². The second-order valence-electron chi connectivity index (χ2n) is 6.91. The van der Waals surface area contributed by atoms with Crippen molar-refractivity contribution >= 4 is 5.91 Å². The van der Waals surface area contributed by atoms with Gasteiger partial charge in [-0.3, -0.25) is 9.78 Å². The molecule has 3 aromatic rings. The lowest BCUT2D eigenvalue weighted by Crippen LogP contribution is -2.50. The first-order valence-corrected chi connectivity index (χ1v) is 9.22. The maximum absolute atomic E-state index is 13.2. The molecule has 0 aliphatic carbocycles. The number of nitrogens with zero attached hydrogens (tertiary/aromatic N) is 4. The van der Waals surface area contributed by atoms with Gasteiger partial charge in [-0.05, 0) is 42.2 Å². The van der Waals surface area contributed by atoms with Crippen molar-refractivity contribution in [3.8, 4) is 22.9 Å². The number of rotatable bonds is 6. The highest BCUT2D eigenvalue weighted by atomic mass is 19.1. The fourth-order valence-electron chi connectivity index (χ4n) is 3.25. The number of carbonyl (C=O) groups is 1. The zero-order chi connectivity index (χ0) is 20.2. The van der Waals surface area contributed by atoms with E-state index in [9.17, 15) is 9.18 Å². The maximum atomic E-state index is 13.2. The molecule has 0 N–H and O–H groups in total. The van der Waals surface area contributed by atoms with Crippen LogP contribution in [0.3, 0.4) is 0 Å². The quantitative estimate of drug-likeness (QED) is 0.601. The minimum atomic E-state index is -0.384. The van der Waals surface area contributed by atoms with Crippen LogP contribution >= 0.6 is 0 Å². The molecule has 0 atom stereocenters. The van der Waals surface area contributed by atoms with Crippen LogP contribution in [0.2, 0.25) is 0 Å². The van der Waals surface area contributed by atoms with Gasteiger partial charge >= 0.3 is 6.01 Å². The number of hydrogen-bond acceptors (Lipinski definition) is 5. The normalized spacial score (nSPS) is 13.6. The van der Waals surface area contributed by atoms with Crippen LogP contribution in [0.5, 0.6) is 11.8 Å². The smallest absolute Gasteiger partial charge is 0.321 e. The summed E-state index contributed by atoms with van der Waals surface area (Å²) in [5, 5.41) is 0. The maximum Gasteiger partial charge on any atom is 0.321 e. The van der Waals surface area contributed by atoms with Crippen molar-refractivity contribution in [3.05, 3.63) is 79.2 Å². The molecular weight excluding hydrogens is 371 g/mol. The zero-order valence-electron chi connectivity index (χ0n) is 15.7. The monoisotopic (exact) mass is 390 g/mol. The van der Waals surface area contributed by atoms with E-state index in [1.165, 1.54) is 18.2 Å². The highest BCUT2D eigenvalue weighted by molar-refractivity contribution is 5.87. The number of amides is 1. The predicted octanol–water partition coefficient (Wildman–Crippen LogP) is 3.66. The Labute approximate surface area is 167 Å². The average molecular weight is 390 g/mol. The number of carbonyl (C=O) groups excluding carboxylic acids is 1. The number of hydrogen-bond donors (Lipinski definition) is 0. The number of pyridine rings is 1. The van der Waals surface area contributed by atoms with E-state index in [2.05, 4.69) is 27.6 Å². The van der Waals surface area contributed by atoms with Gasteiger partial charge < -0.3 is 9.64 Å². The van der Waals surface area contributed by atoms with Crippen molar-refractivity contribution < 1.29 is 13.9 Å². The van der Waals surface area contributed by atoms with Gasteiger partial charge in [-0.2, -0.15) is 0 Å². The van der Waals surface area contributed by atoms with Crippen LogP contribution in [0.25, 0.3) is 11.1 Å². The van der Waals surface area contributed by atoms with Crippen molar-refractivity contribution in [3.63, 3.8) is 0 Å². The van der Waals surface area contributed by atoms with Gasteiger partial charge in [0.05, 0.1) is 0 Å². The van der Waals surface area contributed by atoms with E-state index in [1.807, 2.05) is 6.20 Å². The summed E-state index contributed by atoms with van der Waals surface area (Å²) < 4.78 is 18.7. The molecule has 3 heterocycles. The van der Waals surface area contributed by atoms with Crippen molar-refractivity contribution in [2.75, 3.05) is 13.1 Å². The predicted molar refractivity (Wildman–Crippen MR) is 106 cm³/mol. The van der Waals surface area contributed by atoms with Gasteiger partial charge in [-0.25, -0.2) is 14.4 Å². The third kappa shape index (κ3) is 4.45. The van der Waals surface area contributed by atoms with Crippen LogP contribution in [-0.4, -0.2) is 38.8 Å². The summed E-state index contributed by atoms with van der Waals surface area (Å²) in [7, 11) is 0. The fourth-order valence-corrected chi connectivity index (χ4v) is 3.25. The molecule has 4 rings (SSSR count). The summed E-state index contributed by atoms with van der Waals surface area (Å²) in [6, 6.07) is 8.01. The van der Waals surface area contributed by atoms with Gasteiger partial charge in [0.1, 0.15) is 11.6 Å². The van der Waals surface area contributed by atoms with Crippen molar-refractivity contribution in [2.45, 2.75) is 6.42 Å². The molecule has 146 valence electrons. The molecule has 1 aromatic carbocycles. The highest BCUT2D eigenvalue weighted by Crippen LogP contribution is 2.25. The Balaban J connectivity index is 1.40. The largest absolute Gasteiger partial charge is 0.424 e. The van der Waals surface area contributed by atoms with Gasteiger partial charge in [-0.15, -0.1) is 0 Å². The lowest BCUT2D eigenvalue weighted by Gasteiger charge is -2.38. The first kappa shape index (κ1) is 18.7. The van der Waals surface area contributed by atoms with Gasteiger partial charge in [0, 0.05) is 55.1 Å². The van der Waals surface area contributed by atoms with E-state index in [0.29, 0.717) is 11.7 Å². The van der Waals surface area contributed by atoms with E-state index in [1.54, 1.807) is 35.6 Å². The Morgan fingerprint density at radius 1 is 1.17 bits per heavy atom. The molecule has 1 amide bonds. The number of ether oxygens (including phenoxy) is 1. The number of aromatic nitrogens is 3. The van der Waals surface area contributed by atoms with Crippen LogP contribution in [0, 0.1) is 11.7 Å². The van der Waals surface area contributed by atoms with Crippen LogP contribution in [0.15, 0.2) is 67.8 Å². The van der Waals surface area contributed by atoms with Crippen LogP contribution in [0.4, 0.5) is 4.39 Å². The molecule has 1 fully saturated rings. The molecule has 0 radical (unpaired) electrons. The minimum Gasteiger partial charge on any atom is -0.424 e. The van der Waals surface area contributed by atoms with E-state index < -0.39 is 0 Å². The molecule has 0 saturated carbocycles. The average Bonchev–Trinajstić information content (AvgIpc) is 2.71. The third-order valence-electron chi connectivity index (χ3n) is 4.73. The summed E-state index contributed by atoms with van der Waals surface area (Å²) in [6.45, 7) is 4.99. The zero-order valence-corrected chi connectivity index (χ0v) is 15.7.